The number of nitrogens with zero attached hydrogens (tertiary/aromatic N) is 2. The lowest BCUT2D eigenvalue weighted by Crippen LogP contribution is -1.97. The van der Waals surface area contributed by atoms with Gasteiger partial charge in [-0.15, -0.1) is 0 Å². The molecular weight excluding hydrogens is 785 g/mol. The summed E-state index contributed by atoms with van der Waals surface area (Å²) < 4.78 is 2.27. The normalized spacial score (nSPS) is 11.4. The average molecular weight is 827 g/mol. The fourth-order valence-electron chi connectivity index (χ4n) is 9.68. The smallest absolute Gasteiger partial charge is 0.145 e. The molecule has 1 heterocycles. The third-order valence-electron chi connectivity index (χ3n) is 12.8. The van der Waals surface area contributed by atoms with Gasteiger partial charge in [-0.2, -0.15) is 0 Å². The summed E-state index contributed by atoms with van der Waals surface area (Å²) in [6, 6.07) is 92.2. The van der Waals surface area contributed by atoms with E-state index in [4.69, 9.17) is 4.98 Å². The molecule has 0 aliphatic carbocycles. The molecule has 0 aliphatic heterocycles. The van der Waals surface area contributed by atoms with Gasteiger partial charge >= 0.3 is 0 Å². The summed E-state index contributed by atoms with van der Waals surface area (Å²) in [5.74, 6) is 0.932. The first kappa shape index (κ1) is 38.1. The topological polar surface area (TPSA) is 17.8 Å². The second-order valence-corrected chi connectivity index (χ2v) is 16.7. The Hall–Kier alpha value is -8.59. The van der Waals surface area contributed by atoms with Crippen molar-refractivity contribution in [3.8, 4) is 83.8 Å². The van der Waals surface area contributed by atoms with Gasteiger partial charge in [0.05, 0.1) is 11.0 Å². The van der Waals surface area contributed by atoms with Gasteiger partial charge in [0.2, 0.25) is 0 Å². The molecule has 0 saturated carbocycles. The summed E-state index contributed by atoms with van der Waals surface area (Å²) in [7, 11) is 0. The van der Waals surface area contributed by atoms with Gasteiger partial charge in [0.1, 0.15) is 5.82 Å². The van der Waals surface area contributed by atoms with Crippen molar-refractivity contribution in [3.05, 3.63) is 255 Å². The van der Waals surface area contributed by atoms with Gasteiger partial charge in [-0.1, -0.05) is 200 Å². The molecule has 65 heavy (non-hydrogen) atoms. The summed E-state index contributed by atoms with van der Waals surface area (Å²) in [5.41, 5.74) is 18.6. The van der Waals surface area contributed by atoms with Crippen LogP contribution in [0.3, 0.4) is 0 Å². The Labute approximate surface area is 379 Å². The lowest BCUT2D eigenvalue weighted by Gasteiger charge is -2.20. The number of hydrogen-bond acceptors (Lipinski definition) is 1. The van der Waals surface area contributed by atoms with Gasteiger partial charge in [0.15, 0.2) is 0 Å². The molecule has 12 aromatic rings. The molecule has 0 radical (unpaired) electrons. The minimum absolute atomic E-state index is 0.932. The van der Waals surface area contributed by atoms with E-state index in [0.717, 1.165) is 33.7 Å². The van der Waals surface area contributed by atoms with Crippen molar-refractivity contribution in [1.29, 1.82) is 0 Å². The lowest BCUT2D eigenvalue weighted by atomic mass is 9.83. The van der Waals surface area contributed by atoms with Crippen LogP contribution in [-0.4, -0.2) is 9.55 Å². The van der Waals surface area contributed by atoms with E-state index in [1.165, 1.54) is 82.7 Å². The standard InChI is InChI=1S/C63H42N2/c1-6-18-43(19-7-1)51-38-52(44-20-8-2-9-21-44)40-53(39-51)50-33-37-56-58(42-50)62(47-24-12-4-13-25-47)55-36-32-49(41-57(55)61(56)46-22-10-3-11-23-46)45-30-34-54(35-31-45)65-60-29-17-16-28-59(60)64-63(65)48-26-14-5-15-27-48/h1-42H. The van der Waals surface area contributed by atoms with E-state index in [-0.39, 0.29) is 0 Å². The Morgan fingerprint density at radius 3 is 1.11 bits per heavy atom. The summed E-state index contributed by atoms with van der Waals surface area (Å²) in [6.45, 7) is 0. The van der Waals surface area contributed by atoms with E-state index in [9.17, 15) is 0 Å². The second-order valence-electron chi connectivity index (χ2n) is 16.7. The van der Waals surface area contributed by atoms with Crippen LogP contribution in [0.2, 0.25) is 0 Å². The molecule has 0 fully saturated rings. The fourth-order valence-corrected chi connectivity index (χ4v) is 9.68. The summed E-state index contributed by atoms with van der Waals surface area (Å²) in [6.07, 6.45) is 0. The molecule has 0 bridgehead atoms. The van der Waals surface area contributed by atoms with Crippen LogP contribution in [0, 0.1) is 0 Å². The van der Waals surface area contributed by atoms with E-state index < -0.39 is 0 Å². The third kappa shape index (κ3) is 6.99. The average Bonchev–Trinajstić information content (AvgIpc) is 3.79. The number of hydrogen-bond donors (Lipinski definition) is 0. The highest BCUT2D eigenvalue weighted by Crippen LogP contribution is 2.46. The summed E-state index contributed by atoms with van der Waals surface area (Å²) in [5, 5.41) is 4.90. The second kappa shape index (κ2) is 16.3. The minimum atomic E-state index is 0.932. The van der Waals surface area contributed by atoms with E-state index in [0.29, 0.717) is 0 Å². The van der Waals surface area contributed by atoms with Crippen LogP contribution in [-0.2, 0) is 0 Å². The molecule has 2 heteroatoms. The SMILES string of the molecule is c1ccc(-c2cc(-c3ccccc3)cc(-c3ccc4c(-c5ccccc5)c5cc(-c6ccc(-n7c(-c8ccccc8)nc8ccccc87)cc6)ccc5c(-c5ccccc5)c4c3)c2)cc1. The Kier molecular flexibility index (Phi) is 9.54. The van der Waals surface area contributed by atoms with E-state index >= 15 is 0 Å². The van der Waals surface area contributed by atoms with Crippen molar-refractivity contribution in [2.45, 2.75) is 0 Å². The Bertz CT molecular complexity index is 3590. The molecule has 0 atom stereocenters. The third-order valence-corrected chi connectivity index (χ3v) is 12.8. The number of para-hydroxylation sites is 2. The fraction of sp³-hybridized carbons (Fsp3) is 0. The highest BCUT2D eigenvalue weighted by Gasteiger charge is 2.20. The Balaban J connectivity index is 1.05. The molecule has 11 aromatic carbocycles. The van der Waals surface area contributed by atoms with Crippen molar-refractivity contribution in [2.24, 2.45) is 0 Å². The highest BCUT2D eigenvalue weighted by atomic mass is 15.1. The molecule has 2 nitrogen and oxygen atoms in total. The van der Waals surface area contributed by atoms with E-state index in [1.807, 2.05) is 0 Å². The molecule has 1 aromatic heterocycles. The molecule has 0 spiro atoms. The predicted octanol–water partition coefficient (Wildman–Crippen LogP) is 17.0. The monoisotopic (exact) mass is 826 g/mol. The van der Waals surface area contributed by atoms with Crippen LogP contribution in [0.5, 0.6) is 0 Å². The predicted molar refractivity (Wildman–Crippen MR) is 274 cm³/mol. The van der Waals surface area contributed by atoms with Crippen LogP contribution in [0.25, 0.3) is 116 Å². The van der Waals surface area contributed by atoms with E-state index in [2.05, 4.69) is 259 Å². The largest absolute Gasteiger partial charge is 0.292 e. The first-order chi connectivity index (χ1) is 32.2. The van der Waals surface area contributed by atoms with Crippen LogP contribution in [0.4, 0.5) is 0 Å². The van der Waals surface area contributed by atoms with Gasteiger partial charge < -0.3 is 0 Å². The van der Waals surface area contributed by atoms with E-state index in [1.54, 1.807) is 0 Å². The zero-order valence-corrected chi connectivity index (χ0v) is 35.6. The zero-order chi connectivity index (χ0) is 43.1. The number of rotatable bonds is 8. The number of fused-ring (bicyclic) bond motifs is 3. The maximum absolute atomic E-state index is 5.09. The van der Waals surface area contributed by atoms with Crippen LogP contribution >= 0.6 is 0 Å². The number of aromatic nitrogens is 2. The van der Waals surface area contributed by atoms with Gasteiger partial charge in [-0.3, -0.25) is 4.57 Å². The quantitative estimate of drug-likeness (QED) is 0.140. The van der Waals surface area contributed by atoms with Gasteiger partial charge in [-0.25, -0.2) is 4.98 Å². The van der Waals surface area contributed by atoms with Crippen molar-refractivity contribution < 1.29 is 0 Å². The van der Waals surface area contributed by atoms with Crippen LogP contribution < -0.4 is 0 Å². The maximum atomic E-state index is 5.09. The molecule has 0 saturated heterocycles. The lowest BCUT2D eigenvalue weighted by molar-refractivity contribution is 1.10. The van der Waals surface area contributed by atoms with Gasteiger partial charge in [-0.05, 0) is 143 Å². The highest BCUT2D eigenvalue weighted by molar-refractivity contribution is 6.22. The van der Waals surface area contributed by atoms with Gasteiger partial charge in [0, 0.05) is 11.3 Å². The number of imidazole rings is 1. The van der Waals surface area contributed by atoms with Crippen molar-refractivity contribution in [1.82, 2.24) is 9.55 Å². The van der Waals surface area contributed by atoms with Crippen molar-refractivity contribution in [3.63, 3.8) is 0 Å². The number of benzene rings is 11. The molecule has 12 rings (SSSR count). The molecule has 0 N–H and O–H groups in total. The molecule has 0 amide bonds. The summed E-state index contributed by atoms with van der Waals surface area (Å²) in [4.78, 5) is 5.09. The first-order valence-electron chi connectivity index (χ1n) is 22.3. The Morgan fingerprint density at radius 2 is 0.615 bits per heavy atom. The molecule has 0 aliphatic rings. The van der Waals surface area contributed by atoms with Gasteiger partial charge in [0.25, 0.3) is 0 Å². The zero-order valence-electron chi connectivity index (χ0n) is 35.6. The molecule has 304 valence electrons. The van der Waals surface area contributed by atoms with Crippen molar-refractivity contribution >= 4 is 32.6 Å². The minimum Gasteiger partial charge on any atom is -0.292 e. The Morgan fingerprint density at radius 1 is 0.246 bits per heavy atom. The maximum Gasteiger partial charge on any atom is 0.145 e. The molecular formula is C63H42N2. The first-order valence-corrected chi connectivity index (χ1v) is 22.3. The summed E-state index contributed by atoms with van der Waals surface area (Å²) >= 11 is 0. The van der Waals surface area contributed by atoms with Crippen LogP contribution in [0.1, 0.15) is 0 Å². The molecule has 0 unspecified atom stereocenters. The van der Waals surface area contributed by atoms with Crippen molar-refractivity contribution in [2.75, 3.05) is 0 Å². The van der Waals surface area contributed by atoms with Crippen LogP contribution in [0.15, 0.2) is 255 Å².